The maximum Gasteiger partial charge on any atom is 0.121 e. The Morgan fingerprint density at radius 1 is 1.22 bits per heavy atom. The lowest BCUT2D eigenvalue weighted by molar-refractivity contribution is 0.415. The summed E-state index contributed by atoms with van der Waals surface area (Å²) in [5, 5.41) is 3.31. The third-order valence-electron chi connectivity index (χ3n) is 2.74. The Labute approximate surface area is 107 Å². The van der Waals surface area contributed by atoms with E-state index < -0.39 is 0 Å². The van der Waals surface area contributed by atoms with Gasteiger partial charge in [0.1, 0.15) is 5.75 Å². The molecule has 0 atom stereocenters. The van der Waals surface area contributed by atoms with Gasteiger partial charge in [0.15, 0.2) is 0 Å². The normalized spacial score (nSPS) is 10.1. The summed E-state index contributed by atoms with van der Waals surface area (Å²) in [5.41, 5.74) is 8.81. The molecule has 94 valence electrons. The lowest BCUT2D eigenvalue weighted by atomic mass is 10.2. The van der Waals surface area contributed by atoms with Crippen LogP contribution in [-0.2, 0) is 6.42 Å². The molecule has 3 N–H and O–H groups in total. The van der Waals surface area contributed by atoms with Gasteiger partial charge in [-0.15, -0.1) is 0 Å². The van der Waals surface area contributed by atoms with E-state index in [4.69, 9.17) is 10.5 Å². The standard InChI is InChI=1S/C14H17N3O/c1-18-12-2-3-14(13(15)10-12)17-9-6-11-4-7-16-8-5-11/h2-5,7-8,10,17H,6,9,15H2,1H3. The summed E-state index contributed by atoms with van der Waals surface area (Å²) in [6.07, 6.45) is 4.54. The molecule has 4 nitrogen and oxygen atoms in total. The van der Waals surface area contributed by atoms with Gasteiger partial charge in [0.25, 0.3) is 0 Å². The van der Waals surface area contributed by atoms with Crippen molar-refractivity contribution in [2.45, 2.75) is 6.42 Å². The van der Waals surface area contributed by atoms with E-state index in [2.05, 4.69) is 10.3 Å². The minimum atomic E-state index is 0.698. The van der Waals surface area contributed by atoms with Crippen molar-refractivity contribution in [2.24, 2.45) is 0 Å². The average Bonchev–Trinajstić information content (AvgIpc) is 2.42. The molecule has 0 saturated heterocycles. The quantitative estimate of drug-likeness (QED) is 0.791. The summed E-state index contributed by atoms with van der Waals surface area (Å²) >= 11 is 0. The molecule has 1 heterocycles. The van der Waals surface area contributed by atoms with Crippen molar-refractivity contribution < 1.29 is 4.74 Å². The zero-order valence-corrected chi connectivity index (χ0v) is 10.4. The number of rotatable bonds is 5. The summed E-state index contributed by atoms with van der Waals surface area (Å²) in [7, 11) is 1.63. The van der Waals surface area contributed by atoms with E-state index in [9.17, 15) is 0 Å². The van der Waals surface area contributed by atoms with Gasteiger partial charge in [-0.05, 0) is 36.2 Å². The molecule has 0 radical (unpaired) electrons. The van der Waals surface area contributed by atoms with Crippen molar-refractivity contribution in [3.8, 4) is 5.75 Å². The van der Waals surface area contributed by atoms with E-state index in [1.165, 1.54) is 5.56 Å². The number of nitrogen functional groups attached to an aromatic ring is 1. The molecular weight excluding hydrogens is 226 g/mol. The molecule has 0 aliphatic carbocycles. The molecule has 2 rings (SSSR count). The van der Waals surface area contributed by atoms with E-state index in [0.29, 0.717) is 5.69 Å². The number of aromatic nitrogens is 1. The fourth-order valence-corrected chi connectivity index (χ4v) is 1.72. The predicted molar refractivity (Wildman–Crippen MR) is 73.8 cm³/mol. The Kier molecular flexibility index (Phi) is 4.02. The van der Waals surface area contributed by atoms with Crippen LogP contribution in [0.4, 0.5) is 11.4 Å². The second-order valence-electron chi connectivity index (χ2n) is 3.99. The first-order valence-electron chi connectivity index (χ1n) is 5.86. The molecule has 1 aromatic heterocycles. The Bertz CT molecular complexity index is 500. The minimum absolute atomic E-state index is 0.698. The molecule has 1 aromatic carbocycles. The van der Waals surface area contributed by atoms with Crippen LogP contribution in [0.2, 0.25) is 0 Å². The van der Waals surface area contributed by atoms with Crippen LogP contribution in [0.3, 0.4) is 0 Å². The molecule has 4 heteroatoms. The highest BCUT2D eigenvalue weighted by Gasteiger charge is 2.00. The highest BCUT2D eigenvalue weighted by Crippen LogP contribution is 2.23. The molecule has 0 spiro atoms. The number of hydrogen-bond donors (Lipinski definition) is 2. The summed E-state index contributed by atoms with van der Waals surface area (Å²) in [6, 6.07) is 9.67. The zero-order valence-electron chi connectivity index (χ0n) is 10.4. The molecule has 0 aliphatic heterocycles. The monoisotopic (exact) mass is 243 g/mol. The van der Waals surface area contributed by atoms with Crippen molar-refractivity contribution in [3.05, 3.63) is 48.3 Å². The van der Waals surface area contributed by atoms with E-state index in [-0.39, 0.29) is 0 Å². The molecule has 0 amide bonds. The Morgan fingerprint density at radius 2 is 2.00 bits per heavy atom. The Morgan fingerprint density at radius 3 is 2.67 bits per heavy atom. The molecular formula is C14H17N3O. The molecule has 0 fully saturated rings. The summed E-state index contributed by atoms with van der Waals surface area (Å²) in [5.74, 6) is 0.771. The number of benzene rings is 1. The minimum Gasteiger partial charge on any atom is -0.497 e. The Hall–Kier alpha value is -2.23. The van der Waals surface area contributed by atoms with Gasteiger partial charge in [0, 0.05) is 25.0 Å². The van der Waals surface area contributed by atoms with Gasteiger partial charge in [-0.1, -0.05) is 0 Å². The van der Waals surface area contributed by atoms with Crippen LogP contribution < -0.4 is 15.8 Å². The van der Waals surface area contributed by atoms with Gasteiger partial charge in [-0.25, -0.2) is 0 Å². The van der Waals surface area contributed by atoms with Crippen LogP contribution >= 0.6 is 0 Å². The lowest BCUT2D eigenvalue weighted by Gasteiger charge is -2.10. The lowest BCUT2D eigenvalue weighted by Crippen LogP contribution is -2.07. The zero-order chi connectivity index (χ0) is 12.8. The Balaban J connectivity index is 1.91. The first kappa shape index (κ1) is 12.2. The fraction of sp³-hybridized carbons (Fsp3) is 0.214. The van der Waals surface area contributed by atoms with Gasteiger partial charge in [-0.3, -0.25) is 4.98 Å². The number of nitrogens with zero attached hydrogens (tertiary/aromatic N) is 1. The van der Waals surface area contributed by atoms with Crippen molar-refractivity contribution in [1.82, 2.24) is 4.98 Å². The van der Waals surface area contributed by atoms with Crippen LogP contribution in [-0.4, -0.2) is 18.6 Å². The van der Waals surface area contributed by atoms with Crippen LogP contribution in [0.5, 0.6) is 5.75 Å². The maximum absolute atomic E-state index is 5.92. The molecule has 0 saturated carbocycles. The van der Waals surface area contributed by atoms with Crippen molar-refractivity contribution >= 4 is 11.4 Å². The largest absolute Gasteiger partial charge is 0.497 e. The number of nitrogens with two attached hydrogens (primary N) is 1. The van der Waals surface area contributed by atoms with Gasteiger partial charge in [0.05, 0.1) is 18.5 Å². The second-order valence-corrected chi connectivity index (χ2v) is 3.99. The number of nitrogens with one attached hydrogen (secondary N) is 1. The van der Waals surface area contributed by atoms with Gasteiger partial charge < -0.3 is 15.8 Å². The summed E-state index contributed by atoms with van der Waals surface area (Å²) in [4.78, 5) is 3.99. The number of ether oxygens (including phenoxy) is 1. The average molecular weight is 243 g/mol. The highest BCUT2D eigenvalue weighted by molar-refractivity contribution is 5.68. The highest BCUT2D eigenvalue weighted by atomic mass is 16.5. The fourth-order valence-electron chi connectivity index (χ4n) is 1.72. The van der Waals surface area contributed by atoms with Crippen LogP contribution in [0, 0.1) is 0 Å². The van der Waals surface area contributed by atoms with Crippen molar-refractivity contribution in [1.29, 1.82) is 0 Å². The second kappa shape index (κ2) is 5.91. The van der Waals surface area contributed by atoms with E-state index in [1.54, 1.807) is 19.5 Å². The third-order valence-corrected chi connectivity index (χ3v) is 2.74. The summed E-state index contributed by atoms with van der Waals surface area (Å²) < 4.78 is 5.11. The molecule has 0 aliphatic rings. The van der Waals surface area contributed by atoms with Crippen molar-refractivity contribution in [2.75, 3.05) is 24.7 Å². The molecule has 0 bridgehead atoms. The first-order chi connectivity index (χ1) is 8.79. The first-order valence-corrected chi connectivity index (χ1v) is 5.86. The van der Waals surface area contributed by atoms with Crippen LogP contribution in [0.25, 0.3) is 0 Å². The topological polar surface area (TPSA) is 60.2 Å². The van der Waals surface area contributed by atoms with E-state index in [0.717, 1.165) is 24.4 Å². The smallest absolute Gasteiger partial charge is 0.121 e. The predicted octanol–water partition coefficient (Wildman–Crippen LogP) is 2.33. The summed E-state index contributed by atoms with van der Waals surface area (Å²) in [6.45, 7) is 0.834. The van der Waals surface area contributed by atoms with Gasteiger partial charge >= 0.3 is 0 Å². The van der Waals surface area contributed by atoms with Crippen molar-refractivity contribution in [3.63, 3.8) is 0 Å². The maximum atomic E-state index is 5.92. The van der Waals surface area contributed by atoms with E-state index >= 15 is 0 Å². The number of anilines is 2. The van der Waals surface area contributed by atoms with Gasteiger partial charge in [-0.2, -0.15) is 0 Å². The van der Waals surface area contributed by atoms with Gasteiger partial charge in [0.2, 0.25) is 0 Å². The number of methoxy groups -OCH3 is 1. The molecule has 18 heavy (non-hydrogen) atoms. The van der Waals surface area contributed by atoms with E-state index in [1.807, 2.05) is 30.3 Å². The van der Waals surface area contributed by atoms with Crippen LogP contribution in [0.1, 0.15) is 5.56 Å². The number of hydrogen-bond acceptors (Lipinski definition) is 4. The SMILES string of the molecule is COc1ccc(NCCc2ccncc2)c(N)c1. The molecule has 0 unspecified atom stereocenters. The molecule has 2 aromatic rings. The number of pyridine rings is 1. The third kappa shape index (κ3) is 3.13. The van der Waals surface area contributed by atoms with Crippen LogP contribution in [0.15, 0.2) is 42.7 Å².